The van der Waals surface area contributed by atoms with Crippen molar-refractivity contribution in [3.63, 3.8) is 0 Å². The number of nitrogens with zero attached hydrogens (tertiary/aromatic N) is 4. The molecule has 0 bridgehead atoms. The van der Waals surface area contributed by atoms with Gasteiger partial charge in [0.25, 0.3) is 0 Å². The number of halogens is 2. The number of aryl methyl sites for hydroxylation is 1. The average Bonchev–Trinajstić information content (AvgIpc) is 2.72. The summed E-state index contributed by atoms with van der Waals surface area (Å²) in [5.41, 5.74) is 2.35. The largest absolute Gasteiger partial charge is 0.271 e. The van der Waals surface area contributed by atoms with Crippen LogP contribution in [0.4, 0.5) is 0 Å². The average molecular weight is 295 g/mol. The molecule has 0 aliphatic rings. The van der Waals surface area contributed by atoms with Crippen LogP contribution in [0.2, 0.25) is 10.3 Å². The molecule has 98 valence electrons. The van der Waals surface area contributed by atoms with Gasteiger partial charge in [-0.2, -0.15) is 5.10 Å². The van der Waals surface area contributed by atoms with E-state index in [1.165, 1.54) is 6.20 Å². The Kier molecular flexibility index (Phi) is 4.08. The summed E-state index contributed by atoms with van der Waals surface area (Å²) in [7, 11) is 1.90. The first-order valence-corrected chi connectivity index (χ1v) is 6.46. The van der Waals surface area contributed by atoms with Gasteiger partial charge in [-0.25, -0.2) is 9.97 Å². The van der Waals surface area contributed by atoms with Gasteiger partial charge in [0.1, 0.15) is 5.69 Å². The van der Waals surface area contributed by atoms with E-state index in [-0.39, 0.29) is 5.28 Å². The molecule has 0 atom stereocenters. The molecule has 0 radical (unpaired) electrons. The Labute approximate surface area is 121 Å². The highest BCUT2D eigenvalue weighted by Gasteiger charge is 2.10. The third kappa shape index (κ3) is 3.06. The van der Waals surface area contributed by atoms with Crippen molar-refractivity contribution >= 4 is 23.2 Å². The lowest BCUT2D eigenvalue weighted by molar-refractivity contribution is 0.668. The quantitative estimate of drug-likeness (QED) is 0.600. The zero-order chi connectivity index (χ0) is 14.0. The first kappa shape index (κ1) is 13.9. The number of aromatic nitrogens is 4. The highest BCUT2D eigenvalue weighted by molar-refractivity contribution is 6.32. The molecule has 2 aromatic rings. The van der Waals surface area contributed by atoms with Crippen molar-refractivity contribution in [2.24, 2.45) is 7.05 Å². The van der Waals surface area contributed by atoms with E-state index in [0.29, 0.717) is 16.6 Å². The van der Waals surface area contributed by atoms with Gasteiger partial charge in [-0.1, -0.05) is 31.4 Å². The lowest BCUT2D eigenvalue weighted by Crippen LogP contribution is -2.01. The minimum absolute atomic E-state index is 0.129. The van der Waals surface area contributed by atoms with Gasteiger partial charge in [-0.05, 0) is 23.4 Å². The zero-order valence-electron chi connectivity index (χ0n) is 10.8. The smallest absolute Gasteiger partial charge is 0.223 e. The molecule has 6 heteroatoms. The fourth-order valence-corrected chi connectivity index (χ4v) is 2.06. The molecule has 2 aromatic heterocycles. The van der Waals surface area contributed by atoms with Gasteiger partial charge in [0.15, 0.2) is 0 Å². The van der Waals surface area contributed by atoms with E-state index in [1.54, 1.807) is 6.20 Å². The molecule has 0 saturated heterocycles. The Balaban J connectivity index is 2.42. The maximum absolute atomic E-state index is 5.96. The van der Waals surface area contributed by atoms with Gasteiger partial charge in [-0.3, -0.25) is 4.68 Å². The Morgan fingerprint density at radius 1 is 1.21 bits per heavy atom. The van der Waals surface area contributed by atoms with E-state index < -0.39 is 0 Å². The molecule has 0 N–H and O–H groups in total. The van der Waals surface area contributed by atoms with Crippen molar-refractivity contribution in [1.29, 1.82) is 0 Å². The molecule has 0 aliphatic carbocycles. The van der Waals surface area contributed by atoms with Crippen LogP contribution >= 0.6 is 23.2 Å². The Morgan fingerprint density at radius 2 is 1.95 bits per heavy atom. The van der Waals surface area contributed by atoms with Crippen molar-refractivity contribution < 1.29 is 0 Å². The van der Waals surface area contributed by atoms with Crippen LogP contribution in [-0.2, 0) is 7.05 Å². The molecule has 19 heavy (non-hydrogen) atoms. The Morgan fingerprint density at radius 3 is 2.63 bits per heavy atom. The van der Waals surface area contributed by atoms with E-state index >= 15 is 0 Å². The lowest BCUT2D eigenvalue weighted by atomic mass is 10.1. The molecule has 2 heterocycles. The maximum atomic E-state index is 5.96. The van der Waals surface area contributed by atoms with Crippen LogP contribution in [0, 0.1) is 11.8 Å². The van der Waals surface area contributed by atoms with E-state index in [1.807, 2.05) is 11.7 Å². The third-order valence-corrected chi connectivity index (χ3v) is 3.02. The summed E-state index contributed by atoms with van der Waals surface area (Å²) >= 11 is 11.7. The Hall–Kier alpha value is -1.57. The van der Waals surface area contributed by atoms with Gasteiger partial charge < -0.3 is 0 Å². The van der Waals surface area contributed by atoms with Crippen LogP contribution in [0.5, 0.6) is 0 Å². The minimum atomic E-state index is 0.129. The van der Waals surface area contributed by atoms with Crippen LogP contribution < -0.4 is 0 Å². The highest BCUT2D eigenvalue weighted by atomic mass is 35.5. The summed E-state index contributed by atoms with van der Waals surface area (Å²) < 4.78 is 1.82. The van der Waals surface area contributed by atoms with Crippen LogP contribution in [0.15, 0.2) is 12.4 Å². The van der Waals surface area contributed by atoms with E-state index in [2.05, 4.69) is 40.8 Å². The molecule has 0 saturated carbocycles. The normalized spacial score (nSPS) is 10.4. The molecular weight excluding hydrogens is 283 g/mol. The third-order valence-electron chi connectivity index (χ3n) is 2.56. The number of rotatable bonds is 1. The molecule has 0 amide bonds. The minimum Gasteiger partial charge on any atom is -0.271 e. The molecule has 0 unspecified atom stereocenters. The van der Waals surface area contributed by atoms with Crippen LogP contribution in [0.25, 0.3) is 0 Å². The summed E-state index contributed by atoms with van der Waals surface area (Å²) in [5.74, 6) is 6.28. The second kappa shape index (κ2) is 5.60. The summed E-state index contributed by atoms with van der Waals surface area (Å²) in [6.07, 6.45) is 3.17. The predicted octanol–water partition coefficient (Wildman–Crippen LogP) is 3.04. The molecule has 4 nitrogen and oxygen atoms in total. The fourth-order valence-electron chi connectivity index (χ4n) is 1.79. The second-order valence-corrected chi connectivity index (χ2v) is 5.05. The number of hydrogen-bond donors (Lipinski definition) is 0. The summed E-state index contributed by atoms with van der Waals surface area (Å²) in [5, 5.41) is 4.72. The maximum Gasteiger partial charge on any atom is 0.223 e. The van der Waals surface area contributed by atoms with Crippen LogP contribution in [-0.4, -0.2) is 19.7 Å². The molecule has 0 aliphatic heterocycles. The first-order chi connectivity index (χ1) is 8.99. The molecule has 2 rings (SSSR count). The topological polar surface area (TPSA) is 43.6 Å². The highest BCUT2D eigenvalue weighted by Crippen LogP contribution is 2.18. The second-order valence-electron chi connectivity index (χ2n) is 4.31. The van der Waals surface area contributed by atoms with Gasteiger partial charge in [0.2, 0.25) is 5.28 Å². The summed E-state index contributed by atoms with van der Waals surface area (Å²) in [6.45, 7) is 4.19. The van der Waals surface area contributed by atoms with E-state index in [9.17, 15) is 0 Å². The van der Waals surface area contributed by atoms with E-state index in [0.717, 1.165) is 11.3 Å². The predicted molar refractivity (Wildman–Crippen MR) is 75.3 cm³/mol. The van der Waals surface area contributed by atoms with Gasteiger partial charge >= 0.3 is 0 Å². The summed E-state index contributed by atoms with van der Waals surface area (Å²) in [4.78, 5) is 7.77. The molecule has 0 spiro atoms. The van der Waals surface area contributed by atoms with Gasteiger partial charge in [-0.15, -0.1) is 0 Å². The van der Waals surface area contributed by atoms with E-state index in [4.69, 9.17) is 23.2 Å². The molecular formula is C13H12Cl2N4. The SMILES string of the molecule is CC(C)c1c(C#Cc2nc(Cl)ncc2Cl)cnn1C. The number of hydrogen-bond acceptors (Lipinski definition) is 3. The molecule has 0 aromatic carbocycles. The van der Waals surface area contributed by atoms with Gasteiger partial charge in [0.05, 0.1) is 28.7 Å². The fraction of sp³-hybridized carbons (Fsp3) is 0.308. The van der Waals surface area contributed by atoms with Crippen LogP contribution in [0.3, 0.4) is 0 Å². The van der Waals surface area contributed by atoms with Crippen molar-refractivity contribution in [2.45, 2.75) is 19.8 Å². The van der Waals surface area contributed by atoms with Crippen LogP contribution in [0.1, 0.15) is 36.7 Å². The van der Waals surface area contributed by atoms with Crippen molar-refractivity contribution in [3.05, 3.63) is 39.7 Å². The first-order valence-electron chi connectivity index (χ1n) is 5.71. The standard InChI is InChI=1S/C13H12Cl2N4/c1-8(2)12-9(6-17-19(12)3)4-5-11-10(14)7-16-13(15)18-11/h6-8H,1-3H3. The zero-order valence-corrected chi connectivity index (χ0v) is 12.3. The van der Waals surface area contributed by atoms with Crippen molar-refractivity contribution in [3.8, 4) is 11.8 Å². The summed E-state index contributed by atoms with van der Waals surface area (Å²) in [6, 6.07) is 0. The van der Waals surface area contributed by atoms with Crippen molar-refractivity contribution in [2.75, 3.05) is 0 Å². The van der Waals surface area contributed by atoms with Crippen molar-refractivity contribution in [1.82, 2.24) is 19.7 Å². The lowest BCUT2D eigenvalue weighted by Gasteiger charge is -2.05. The monoisotopic (exact) mass is 294 g/mol. The Bertz CT molecular complexity index is 665. The molecule has 0 fully saturated rings. The van der Waals surface area contributed by atoms with Gasteiger partial charge in [0, 0.05) is 7.05 Å².